The van der Waals surface area contributed by atoms with Gasteiger partial charge in [-0.3, -0.25) is 9.69 Å². The molecule has 1 saturated heterocycles. The van der Waals surface area contributed by atoms with Crippen LogP contribution in [0.15, 0.2) is 71.2 Å². The zero-order valence-corrected chi connectivity index (χ0v) is 22.8. The van der Waals surface area contributed by atoms with Crippen molar-refractivity contribution >= 4 is 44.9 Å². The van der Waals surface area contributed by atoms with Crippen molar-refractivity contribution < 1.29 is 14.3 Å². The molecule has 0 saturated carbocycles. The first-order valence-corrected chi connectivity index (χ1v) is 13.7. The summed E-state index contributed by atoms with van der Waals surface area (Å²) in [5, 5.41) is 8.81. The van der Waals surface area contributed by atoms with E-state index in [1.54, 1.807) is 6.07 Å². The molecule has 3 aromatic rings. The number of morpholine rings is 1. The fourth-order valence-electron chi connectivity index (χ4n) is 4.87. The molecule has 0 aromatic heterocycles. The first-order chi connectivity index (χ1) is 18.6. The molecule has 5 rings (SSSR count). The number of nitrogens with zero attached hydrogens (tertiary/aromatic N) is 2. The number of carbonyl (C=O) groups is 2. The number of amides is 3. The van der Waals surface area contributed by atoms with Gasteiger partial charge in [0.25, 0.3) is 5.91 Å². The van der Waals surface area contributed by atoms with E-state index < -0.39 is 0 Å². The van der Waals surface area contributed by atoms with Crippen molar-refractivity contribution in [3.05, 3.63) is 87.9 Å². The molecule has 0 radical (unpaired) electrons. The number of halogens is 1. The Balaban J connectivity index is 1.33. The fraction of sp³-hybridized carbons (Fsp3) is 0.310. The molecule has 3 amide bonds. The third kappa shape index (κ3) is 6.53. The van der Waals surface area contributed by atoms with Gasteiger partial charge in [-0.25, -0.2) is 4.79 Å². The number of benzene rings is 3. The van der Waals surface area contributed by atoms with Gasteiger partial charge in [0.1, 0.15) is 0 Å². The highest BCUT2D eigenvalue weighted by Gasteiger charge is 2.22. The van der Waals surface area contributed by atoms with Crippen LogP contribution < -0.4 is 20.9 Å². The number of rotatable bonds is 7. The first kappa shape index (κ1) is 26.2. The lowest BCUT2D eigenvalue weighted by atomic mass is 9.98. The van der Waals surface area contributed by atoms with Gasteiger partial charge in [-0.1, -0.05) is 36.4 Å². The average molecular weight is 579 g/mol. The van der Waals surface area contributed by atoms with Gasteiger partial charge in [0.2, 0.25) is 0 Å². The minimum atomic E-state index is -0.379. The Kier molecular flexibility index (Phi) is 8.58. The summed E-state index contributed by atoms with van der Waals surface area (Å²) in [6, 6.07) is 21.0. The van der Waals surface area contributed by atoms with Gasteiger partial charge in [-0.2, -0.15) is 0 Å². The number of nitrogens with one attached hydrogen (secondary N) is 3. The number of carbonyl (C=O) groups excluding carboxylic acids is 2. The molecule has 2 aliphatic rings. The second kappa shape index (κ2) is 12.4. The molecule has 9 heteroatoms. The third-order valence-electron chi connectivity index (χ3n) is 6.91. The summed E-state index contributed by atoms with van der Waals surface area (Å²) < 4.78 is 6.20. The normalized spacial score (nSPS) is 15.4. The van der Waals surface area contributed by atoms with Crippen LogP contribution >= 0.6 is 15.9 Å². The molecule has 0 aliphatic carbocycles. The van der Waals surface area contributed by atoms with E-state index in [-0.39, 0.29) is 11.9 Å². The number of ether oxygens (including phenoxy) is 1. The Morgan fingerprint density at radius 2 is 1.66 bits per heavy atom. The van der Waals surface area contributed by atoms with E-state index in [1.807, 2.05) is 36.4 Å². The Hall–Kier alpha value is -3.40. The van der Waals surface area contributed by atoms with Crippen molar-refractivity contribution in [2.45, 2.75) is 13.0 Å². The van der Waals surface area contributed by atoms with E-state index in [1.165, 1.54) is 11.1 Å². The van der Waals surface area contributed by atoms with Crippen molar-refractivity contribution in [3.8, 4) is 0 Å². The van der Waals surface area contributed by atoms with E-state index in [9.17, 15) is 9.59 Å². The molecule has 0 atom stereocenters. The molecular formula is C29H32BrN5O3. The van der Waals surface area contributed by atoms with Crippen LogP contribution in [0, 0.1) is 0 Å². The lowest BCUT2D eigenvalue weighted by Gasteiger charge is -2.32. The zero-order chi connectivity index (χ0) is 26.3. The highest BCUT2D eigenvalue weighted by Crippen LogP contribution is 2.30. The van der Waals surface area contributed by atoms with Gasteiger partial charge in [0.05, 0.1) is 24.5 Å². The highest BCUT2D eigenvalue weighted by atomic mass is 79.9. The maximum absolute atomic E-state index is 13.5. The Morgan fingerprint density at radius 1 is 0.895 bits per heavy atom. The molecule has 2 aliphatic heterocycles. The summed E-state index contributed by atoms with van der Waals surface area (Å²) in [5.41, 5.74) is 5.24. The minimum Gasteiger partial charge on any atom is -0.379 e. The molecule has 0 spiro atoms. The van der Waals surface area contributed by atoms with Crippen LogP contribution in [0.2, 0.25) is 0 Å². The summed E-state index contributed by atoms with van der Waals surface area (Å²) in [5.74, 6) is -0.151. The van der Waals surface area contributed by atoms with E-state index in [0.29, 0.717) is 23.5 Å². The predicted molar refractivity (Wildman–Crippen MR) is 154 cm³/mol. The molecule has 3 aromatic carbocycles. The van der Waals surface area contributed by atoms with E-state index in [4.69, 9.17) is 4.74 Å². The summed E-state index contributed by atoms with van der Waals surface area (Å²) in [6.07, 6.45) is 0.919. The second-order valence-electron chi connectivity index (χ2n) is 9.44. The maximum atomic E-state index is 13.5. The quantitative estimate of drug-likeness (QED) is 0.378. The summed E-state index contributed by atoms with van der Waals surface area (Å²) in [4.78, 5) is 30.7. The number of urea groups is 1. The second-order valence-corrected chi connectivity index (χ2v) is 10.3. The van der Waals surface area contributed by atoms with Gasteiger partial charge in [0, 0.05) is 55.1 Å². The summed E-state index contributed by atoms with van der Waals surface area (Å²) in [6.45, 7) is 6.07. The molecule has 2 heterocycles. The highest BCUT2D eigenvalue weighted by molar-refractivity contribution is 9.10. The fourth-order valence-corrected chi connectivity index (χ4v) is 5.25. The van der Waals surface area contributed by atoms with Crippen LogP contribution in [-0.2, 0) is 17.7 Å². The van der Waals surface area contributed by atoms with Crippen molar-refractivity contribution in [2.24, 2.45) is 0 Å². The van der Waals surface area contributed by atoms with Crippen LogP contribution in [0.4, 0.5) is 21.9 Å². The van der Waals surface area contributed by atoms with Crippen LogP contribution in [0.1, 0.15) is 21.5 Å². The molecule has 0 bridgehead atoms. The summed E-state index contributed by atoms with van der Waals surface area (Å²) in [7, 11) is 0. The Morgan fingerprint density at radius 3 is 2.47 bits per heavy atom. The topological polar surface area (TPSA) is 85.9 Å². The molecule has 38 heavy (non-hydrogen) atoms. The zero-order valence-electron chi connectivity index (χ0n) is 21.2. The molecule has 0 unspecified atom stereocenters. The number of hydrogen-bond donors (Lipinski definition) is 3. The molecule has 8 nitrogen and oxygen atoms in total. The third-order valence-corrected chi connectivity index (χ3v) is 7.60. The molecule has 198 valence electrons. The Bertz CT molecular complexity index is 1290. The Labute approximate surface area is 231 Å². The van der Waals surface area contributed by atoms with Gasteiger partial charge < -0.3 is 25.6 Å². The van der Waals surface area contributed by atoms with Crippen molar-refractivity contribution in [3.63, 3.8) is 0 Å². The lowest BCUT2D eigenvalue weighted by Crippen LogP contribution is -2.41. The lowest BCUT2D eigenvalue weighted by molar-refractivity contribution is 0.0383. The monoisotopic (exact) mass is 577 g/mol. The smallest absolute Gasteiger partial charge is 0.323 e. The van der Waals surface area contributed by atoms with Gasteiger partial charge in [0.15, 0.2) is 0 Å². The van der Waals surface area contributed by atoms with Crippen molar-refractivity contribution in [1.29, 1.82) is 0 Å². The minimum absolute atomic E-state index is 0.151. The number of anilines is 3. The van der Waals surface area contributed by atoms with Gasteiger partial charge in [-0.05, 0) is 63.8 Å². The number of fused-ring (bicyclic) bond motifs is 1. The van der Waals surface area contributed by atoms with Crippen LogP contribution in [0.25, 0.3) is 0 Å². The largest absolute Gasteiger partial charge is 0.379 e. The average Bonchev–Trinajstić information content (AvgIpc) is 2.94. The van der Waals surface area contributed by atoms with E-state index in [0.717, 1.165) is 62.5 Å². The van der Waals surface area contributed by atoms with Crippen molar-refractivity contribution in [1.82, 2.24) is 10.2 Å². The summed E-state index contributed by atoms with van der Waals surface area (Å²) >= 11 is 3.45. The SMILES string of the molecule is O=C(Nc1ccc(N2CCc3ccccc3C2)c(C(=O)NCCN2CCOCC2)c1)Nc1ccccc1Br. The molecular weight excluding hydrogens is 546 g/mol. The standard InChI is InChI=1S/C29H32BrN5O3/c30-25-7-3-4-8-26(25)33-29(37)32-23-9-10-27(35-13-11-21-5-1-2-6-22(21)20-35)24(19-23)28(36)31-12-14-34-15-17-38-18-16-34/h1-10,19H,11-18,20H2,(H,31,36)(H2,32,33,37). The first-order valence-electron chi connectivity index (χ1n) is 12.9. The predicted octanol–water partition coefficient (Wildman–Crippen LogP) is 4.72. The number of hydrogen-bond acceptors (Lipinski definition) is 5. The van der Waals surface area contributed by atoms with Gasteiger partial charge in [-0.15, -0.1) is 0 Å². The maximum Gasteiger partial charge on any atom is 0.323 e. The van der Waals surface area contributed by atoms with E-state index in [2.05, 4.69) is 65.9 Å². The van der Waals surface area contributed by atoms with Crippen LogP contribution in [0.5, 0.6) is 0 Å². The molecule has 3 N–H and O–H groups in total. The molecule has 1 fully saturated rings. The van der Waals surface area contributed by atoms with Crippen LogP contribution in [-0.4, -0.2) is 62.8 Å². The van der Waals surface area contributed by atoms with Gasteiger partial charge >= 0.3 is 6.03 Å². The van der Waals surface area contributed by atoms with Crippen LogP contribution in [0.3, 0.4) is 0 Å². The van der Waals surface area contributed by atoms with Crippen molar-refractivity contribution in [2.75, 3.05) is 61.5 Å². The number of para-hydroxylation sites is 1. The van der Waals surface area contributed by atoms with E-state index >= 15 is 0 Å².